The molecular formula is C36H51N5O5. The normalized spacial score (nSPS) is 23.8. The molecule has 1 aliphatic heterocycles. The Balaban J connectivity index is 2.13. The van der Waals surface area contributed by atoms with Gasteiger partial charge in [-0.1, -0.05) is 102 Å². The van der Waals surface area contributed by atoms with E-state index < -0.39 is 59.7 Å². The molecule has 5 amide bonds. The van der Waals surface area contributed by atoms with Crippen molar-refractivity contribution in [2.45, 2.75) is 97.4 Å². The predicted molar refractivity (Wildman–Crippen MR) is 178 cm³/mol. The third-order valence-corrected chi connectivity index (χ3v) is 8.21. The van der Waals surface area contributed by atoms with Crippen LogP contribution in [0.1, 0.15) is 65.5 Å². The van der Waals surface area contributed by atoms with Gasteiger partial charge in [0.1, 0.15) is 30.2 Å². The number of benzene rings is 2. The van der Waals surface area contributed by atoms with Crippen LogP contribution in [0.15, 0.2) is 60.7 Å². The molecule has 10 heteroatoms. The van der Waals surface area contributed by atoms with E-state index in [9.17, 15) is 24.0 Å². The minimum Gasteiger partial charge on any atom is -0.343 e. The van der Waals surface area contributed by atoms with Crippen LogP contribution in [0.5, 0.6) is 0 Å². The molecule has 0 bridgehead atoms. The van der Waals surface area contributed by atoms with Crippen molar-refractivity contribution in [3.8, 4) is 0 Å². The molecule has 1 saturated heterocycles. The topological polar surface area (TPSA) is 137 Å². The summed E-state index contributed by atoms with van der Waals surface area (Å²) >= 11 is 0. The van der Waals surface area contributed by atoms with Crippen LogP contribution >= 0.6 is 0 Å². The molecule has 250 valence electrons. The van der Waals surface area contributed by atoms with Crippen molar-refractivity contribution in [3.05, 3.63) is 71.8 Å². The van der Waals surface area contributed by atoms with Crippen molar-refractivity contribution >= 4 is 29.5 Å². The lowest BCUT2D eigenvalue weighted by atomic mass is 9.97. The molecule has 1 heterocycles. The average Bonchev–Trinajstić information content (AvgIpc) is 3.00. The molecule has 0 radical (unpaired) electrons. The second kappa shape index (κ2) is 16.9. The van der Waals surface area contributed by atoms with E-state index in [0.29, 0.717) is 12.8 Å². The number of carbonyl (C=O) groups is 5. The summed E-state index contributed by atoms with van der Waals surface area (Å²) in [5.41, 5.74) is 1.64. The minimum atomic E-state index is -1.03. The van der Waals surface area contributed by atoms with Crippen molar-refractivity contribution in [1.82, 2.24) is 26.2 Å². The highest BCUT2D eigenvalue weighted by Crippen LogP contribution is 2.17. The summed E-state index contributed by atoms with van der Waals surface area (Å²) in [6.07, 6.45) is 1.04. The van der Waals surface area contributed by atoms with E-state index in [-0.39, 0.29) is 30.6 Å². The molecule has 1 aliphatic rings. The highest BCUT2D eigenvalue weighted by atomic mass is 16.2. The van der Waals surface area contributed by atoms with E-state index in [2.05, 4.69) is 21.3 Å². The van der Waals surface area contributed by atoms with Gasteiger partial charge in [0.15, 0.2) is 0 Å². The Hall–Kier alpha value is -4.21. The maximum atomic E-state index is 14.2. The molecule has 46 heavy (non-hydrogen) atoms. The monoisotopic (exact) mass is 633 g/mol. The van der Waals surface area contributed by atoms with Gasteiger partial charge in [-0.05, 0) is 41.7 Å². The van der Waals surface area contributed by atoms with Crippen LogP contribution in [0.3, 0.4) is 0 Å². The maximum absolute atomic E-state index is 14.2. The van der Waals surface area contributed by atoms with E-state index in [1.54, 1.807) is 7.05 Å². The summed E-state index contributed by atoms with van der Waals surface area (Å²) in [6, 6.07) is 13.8. The van der Waals surface area contributed by atoms with E-state index in [1.165, 1.54) is 4.90 Å². The zero-order valence-electron chi connectivity index (χ0n) is 28.2. The largest absolute Gasteiger partial charge is 0.343 e. The Labute approximate surface area is 273 Å². The van der Waals surface area contributed by atoms with E-state index in [4.69, 9.17) is 0 Å². The molecule has 0 aliphatic carbocycles. The second-order valence-corrected chi connectivity index (χ2v) is 13.5. The SMILES string of the molecule is CC(C)C[C@@H]1NC(=O)[C@H](CC(C)C)N(C)C(=O)[C@H](Cc2ccccc2)NC(=O)[C@@H](Cc2ccccc2)NC(=O)[C@H](C(C)C)NC1=O. The first-order chi connectivity index (χ1) is 21.8. The van der Waals surface area contributed by atoms with E-state index in [1.807, 2.05) is 102 Å². The molecular weight excluding hydrogens is 582 g/mol. The van der Waals surface area contributed by atoms with Gasteiger partial charge in [0.25, 0.3) is 0 Å². The number of nitrogens with one attached hydrogen (secondary N) is 4. The molecule has 2 aromatic carbocycles. The third kappa shape index (κ3) is 10.4. The van der Waals surface area contributed by atoms with Crippen LogP contribution < -0.4 is 21.3 Å². The molecule has 0 aromatic heterocycles. The molecule has 5 atom stereocenters. The Kier molecular flexibility index (Phi) is 13.3. The van der Waals surface area contributed by atoms with Gasteiger partial charge in [-0.3, -0.25) is 24.0 Å². The fourth-order valence-corrected chi connectivity index (χ4v) is 5.69. The first kappa shape index (κ1) is 36.3. The molecule has 1 fully saturated rings. The highest BCUT2D eigenvalue weighted by molar-refractivity contribution is 5.98. The van der Waals surface area contributed by atoms with Crippen LogP contribution in [-0.2, 0) is 36.8 Å². The number of nitrogens with zero attached hydrogens (tertiary/aromatic N) is 1. The summed E-state index contributed by atoms with van der Waals surface area (Å²) in [6.45, 7) is 11.4. The first-order valence-corrected chi connectivity index (χ1v) is 16.3. The van der Waals surface area contributed by atoms with Crippen molar-refractivity contribution in [3.63, 3.8) is 0 Å². The molecule has 2 aromatic rings. The van der Waals surface area contributed by atoms with Gasteiger partial charge in [0, 0.05) is 19.9 Å². The van der Waals surface area contributed by atoms with Gasteiger partial charge in [-0.15, -0.1) is 0 Å². The maximum Gasteiger partial charge on any atom is 0.245 e. The van der Waals surface area contributed by atoms with Crippen LogP contribution in [0.2, 0.25) is 0 Å². The van der Waals surface area contributed by atoms with E-state index >= 15 is 0 Å². The van der Waals surface area contributed by atoms with Crippen LogP contribution in [0, 0.1) is 17.8 Å². The summed E-state index contributed by atoms with van der Waals surface area (Å²) in [5, 5.41) is 11.5. The van der Waals surface area contributed by atoms with Gasteiger partial charge in [0.2, 0.25) is 29.5 Å². The molecule has 4 N–H and O–H groups in total. The van der Waals surface area contributed by atoms with Gasteiger partial charge in [-0.2, -0.15) is 0 Å². The number of hydrogen-bond acceptors (Lipinski definition) is 5. The summed E-state index contributed by atoms with van der Waals surface area (Å²) in [5.74, 6) is -2.66. The molecule has 0 saturated carbocycles. The van der Waals surface area contributed by atoms with E-state index in [0.717, 1.165) is 11.1 Å². The quantitative estimate of drug-likeness (QED) is 0.337. The smallest absolute Gasteiger partial charge is 0.245 e. The molecule has 10 nitrogen and oxygen atoms in total. The summed E-state index contributed by atoms with van der Waals surface area (Å²) in [7, 11) is 1.56. The lowest BCUT2D eigenvalue weighted by Gasteiger charge is -2.33. The fourth-order valence-electron chi connectivity index (χ4n) is 5.69. The molecule has 3 rings (SSSR count). The molecule has 0 spiro atoms. The zero-order chi connectivity index (χ0) is 34.0. The Morgan fingerprint density at radius 3 is 1.52 bits per heavy atom. The van der Waals surface area contributed by atoms with Crippen molar-refractivity contribution in [2.24, 2.45) is 17.8 Å². The van der Waals surface area contributed by atoms with Crippen LogP contribution in [0.4, 0.5) is 0 Å². The summed E-state index contributed by atoms with van der Waals surface area (Å²) < 4.78 is 0. The number of amides is 5. The van der Waals surface area contributed by atoms with Gasteiger partial charge < -0.3 is 26.2 Å². The first-order valence-electron chi connectivity index (χ1n) is 16.3. The fraction of sp³-hybridized carbons (Fsp3) is 0.528. The standard InChI is InChI=1S/C36H51N5O5/c1-22(2)18-27-33(43)40-31(24(5)6)35(45)38-28(20-25-14-10-8-11-15-25)32(42)39-29(21-26-16-12-9-13-17-26)36(46)41(7)30(19-23(3)4)34(44)37-27/h8-17,22-24,27-31H,18-21H2,1-7H3,(H,37,44)(H,38,45)(H,39,42)(H,40,43)/t27-,28+,29-,30-,31-/m0/s1. The zero-order valence-corrected chi connectivity index (χ0v) is 28.2. The number of hydrogen-bond donors (Lipinski definition) is 4. The Morgan fingerprint density at radius 2 is 1.02 bits per heavy atom. The van der Waals surface area contributed by atoms with Crippen LogP contribution in [-0.4, -0.2) is 71.7 Å². The van der Waals surface area contributed by atoms with Gasteiger partial charge >= 0.3 is 0 Å². The second-order valence-electron chi connectivity index (χ2n) is 13.5. The third-order valence-electron chi connectivity index (χ3n) is 8.21. The predicted octanol–water partition coefficient (Wildman–Crippen LogP) is 3.00. The number of rotatable bonds is 9. The lowest BCUT2D eigenvalue weighted by molar-refractivity contribution is -0.143. The number of carbonyl (C=O) groups excluding carboxylic acids is 5. The Morgan fingerprint density at radius 1 is 0.565 bits per heavy atom. The number of likely N-dealkylation sites (N-methyl/N-ethyl adjacent to an activating group) is 1. The summed E-state index contributed by atoms with van der Waals surface area (Å²) in [4.78, 5) is 71.0. The van der Waals surface area contributed by atoms with Crippen molar-refractivity contribution in [2.75, 3.05) is 7.05 Å². The van der Waals surface area contributed by atoms with Gasteiger partial charge in [0.05, 0.1) is 0 Å². The average molecular weight is 634 g/mol. The Bertz CT molecular complexity index is 1330. The molecule has 0 unspecified atom stereocenters. The van der Waals surface area contributed by atoms with Crippen molar-refractivity contribution in [1.29, 1.82) is 0 Å². The van der Waals surface area contributed by atoms with Gasteiger partial charge in [-0.25, -0.2) is 0 Å². The highest BCUT2D eigenvalue weighted by Gasteiger charge is 2.38. The van der Waals surface area contributed by atoms with Crippen molar-refractivity contribution < 1.29 is 24.0 Å². The minimum absolute atomic E-state index is 0.0509. The van der Waals surface area contributed by atoms with Crippen LogP contribution in [0.25, 0.3) is 0 Å². The lowest BCUT2D eigenvalue weighted by Crippen LogP contribution is -2.59.